The van der Waals surface area contributed by atoms with Gasteiger partial charge in [-0.25, -0.2) is 0 Å². The van der Waals surface area contributed by atoms with Gasteiger partial charge in [0.2, 0.25) is 0 Å². The number of carbonyl (C=O) groups excluding carboxylic acids is 1. The quantitative estimate of drug-likeness (QED) is 0.684. The Morgan fingerprint density at radius 1 is 1.11 bits per heavy atom. The molecular weight excluding hydrogens is 240 g/mol. The first-order chi connectivity index (χ1) is 8.98. The van der Waals surface area contributed by atoms with E-state index in [1.807, 2.05) is 0 Å². The Bertz CT molecular complexity index is 374. The van der Waals surface area contributed by atoms with E-state index in [4.69, 9.17) is 9.47 Å². The maximum absolute atomic E-state index is 11.8. The van der Waals surface area contributed by atoms with E-state index in [9.17, 15) is 4.79 Å². The van der Waals surface area contributed by atoms with Crippen molar-refractivity contribution in [3.63, 3.8) is 0 Å². The molecule has 3 aliphatic rings. The fourth-order valence-electron chi connectivity index (χ4n) is 5.07. The van der Waals surface area contributed by atoms with E-state index >= 15 is 0 Å². The number of aldehydes is 1. The lowest BCUT2D eigenvalue weighted by Crippen LogP contribution is -2.62. The molecule has 1 saturated heterocycles. The molecule has 108 valence electrons. The van der Waals surface area contributed by atoms with Crippen molar-refractivity contribution in [2.45, 2.75) is 58.7 Å². The molecule has 0 aromatic rings. The van der Waals surface area contributed by atoms with Crippen LogP contribution in [0.3, 0.4) is 0 Å². The number of carbonyl (C=O) groups is 1. The van der Waals surface area contributed by atoms with Gasteiger partial charge in [0, 0.05) is 17.3 Å². The monoisotopic (exact) mass is 266 g/mol. The molecule has 0 bridgehead atoms. The largest absolute Gasteiger partial charge is 0.347 e. The first kappa shape index (κ1) is 13.6. The van der Waals surface area contributed by atoms with Gasteiger partial charge in [-0.15, -0.1) is 0 Å². The van der Waals surface area contributed by atoms with Gasteiger partial charge in [0.25, 0.3) is 0 Å². The zero-order valence-electron chi connectivity index (χ0n) is 12.4. The van der Waals surface area contributed by atoms with Crippen LogP contribution in [0.1, 0.15) is 52.9 Å². The van der Waals surface area contributed by atoms with Gasteiger partial charge in [-0.05, 0) is 37.5 Å². The number of hydrogen-bond donors (Lipinski definition) is 0. The average Bonchev–Trinajstić information content (AvgIpc) is 2.87. The molecular formula is C16H26O3. The van der Waals surface area contributed by atoms with E-state index in [0.717, 1.165) is 32.1 Å². The molecule has 1 spiro atoms. The molecule has 1 heterocycles. The van der Waals surface area contributed by atoms with Crippen LogP contribution in [0.5, 0.6) is 0 Å². The third kappa shape index (κ3) is 1.61. The van der Waals surface area contributed by atoms with Gasteiger partial charge in [0.05, 0.1) is 13.2 Å². The van der Waals surface area contributed by atoms with Crippen molar-refractivity contribution in [2.24, 2.45) is 22.7 Å². The van der Waals surface area contributed by atoms with Crippen LogP contribution in [0.2, 0.25) is 0 Å². The summed E-state index contributed by atoms with van der Waals surface area (Å²) in [6, 6.07) is 0. The predicted octanol–water partition coefficient (Wildman–Crippen LogP) is 3.17. The zero-order chi connectivity index (χ0) is 13.7. The van der Waals surface area contributed by atoms with Gasteiger partial charge in [-0.3, -0.25) is 0 Å². The topological polar surface area (TPSA) is 35.5 Å². The highest BCUT2D eigenvalue weighted by Crippen LogP contribution is 2.64. The van der Waals surface area contributed by atoms with E-state index in [-0.39, 0.29) is 10.8 Å². The zero-order valence-corrected chi connectivity index (χ0v) is 12.4. The van der Waals surface area contributed by atoms with Gasteiger partial charge >= 0.3 is 0 Å². The second-order valence-corrected chi connectivity index (χ2v) is 7.24. The van der Waals surface area contributed by atoms with Gasteiger partial charge in [0.1, 0.15) is 6.29 Å². The van der Waals surface area contributed by atoms with Crippen molar-refractivity contribution in [1.82, 2.24) is 0 Å². The third-order valence-corrected chi connectivity index (χ3v) is 6.56. The highest BCUT2D eigenvalue weighted by molar-refractivity contribution is 5.60. The number of rotatable bonds is 1. The van der Waals surface area contributed by atoms with Gasteiger partial charge < -0.3 is 14.3 Å². The molecule has 3 nitrogen and oxygen atoms in total. The molecule has 3 heteroatoms. The Labute approximate surface area is 116 Å². The Hall–Kier alpha value is -0.410. The first-order valence-corrected chi connectivity index (χ1v) is 7.73. The predicted molar refractivity (Wildman–Crippen MR) is 72.7 cm³/mol. The fourth-order valence-corrected chi connectivity index (χ4v) is 5.07. The van der Waals surface area contributed by atoms with Crippen molar-refractivity contribution < 1.29 is 14.3 Å². The maximum atomic E-state index is 11.8. The van der Waals surface area contributed by atoms with Gasteiger partial charge in [0.15, 0.2) is 5.79 Å². The smallest absolute Gasteiger partial charge is 0.174 e. The van der Waals surface area contributed by atoms with E-state index < -0.39 is 5.79 Å². The number of hydrogen-bond acceptors (Lipinski definition) is 3. The number of fused-ring (bicyclic) bond motifs is 2. The molecule has 3 rings (SSSR count). The van der Waals surface area contributed by atoms with Crippen LogP contribution in [-0.2, 0) is 14.3 Å². The summed E-state index contributed by atoms with van der Waals surface area (Å²) >= 11 is 0. The Morgan fingerprint density at radius 3 is 2.42 bits per heavy atom. The van der Waals surface area contributed by atoms with E-state index in [2.05, 4.69) is 20.8 Å². The van der Waals surface area contributed by atoms with Crippen LogP contribution in [0.25, 0.3) is 0 Å². The molecule has 2 aliphatic carbocycles. The molecule has 0 aromatic heterocycles. The second-order valence-electron chi connectivity index (χ2n) is 7.24. The Kier molecular flexibility index (Phi) is 3.06. The van der Waals surface area contributed by atoms with Crippen molar-refractivity contribution in [1.29, 1.82) is 0 Å². The highest BCUT2D eigenvalue weighted by atomic mass is 16.7. The standard InChI is InChI=1S/C16H26O3/c1-12-6-8-15(3)13(14(12,2)11-17)5-4-7-16(15)18-9-10-19-16/h11-13H,4-10H2,1-3H3/t12-,13-,14+,15+/m1/s1. The van der Waals surface area contributed by atoms with Crippen molar-refractivity contribution in [3.05, 3.63) is 0 Å². The summed E-state index contributed by atoms with van der Waals surface area (Å²) in [5, 5.41) is 0. The van der Waals surface area contributed by atoms with Gasteiger partial charge in [-0.1, -0.05) is 20.8 Å². The van der Waals surface area contributed by atoms with Crippen molar-refractivity contribution in [2.75, 3.05) is 13.2 Å². The van der Waals surface area contributed by atoms with Crippen LogP contribution < -0.4 is 0 Å². The van der Waals surface area contributed by atoms with Crippen molar-refractivity contribution in [3.8, 4) is 0 Å². The summed E-state index contributed by atoms with van der Waals surface area (Å²) in [6.45, 7) is 8.09. The molecule has 0 unspecified atom stereocenters. The normalized spacial score (nSPS) is 49.0. The SMILES string of the molecule is C[C@@H]1CC[C@@]2(C)[C@H](CCCC23OCCO3)[C@@]1(C)C=O. The van der Waals surface area contributed by atoms with Crippen LogP contribution in [0.15, 0.2) is 0 Å². The van der Waals surface area contributed by atoms with E-state index in [1.54, 1.807) is 0 Å². The highest BCUT2D eigenvalue weighted by Gasteiger charge is 2.64. The summed E-state index contributed by atoms with van der Waals surface area (Å²) in [5.74, 6) is 0.424. The maximum Gasteiger partial charge on any atom is 0.174 e. The van der Waals surface area contributed by atoms with E-state index in [0.29, 0.717) is 25.0 Å². The second kappa shape index (κ2) is 4.29. The van der Waals surface area contributed by atoms with Crippen molar-refractivity contribution >= 4 is 6.29 Å². The molecule has 0 aromatic carbocycles. The molecule has 4 atom stereocenters. The summed E-state index contributed by atoms with van der Waals surface area (Å²) < 4.78 is 12.2. The molecule has 0 radical (unpaired) electrons. The third-order valence-electron chi connectivity index (χ3n) is 6.56. The van der Waals surface area contributed by atoms with Crippen LogP contribution in [-0.4, -0.2) is 25.3 Å². The minimum Gasteiger partial charge on any atom is -0.347 e. The Balaban J connectivity index is 2.03. The summed E-state index contributed by atoms with van der Waals surface area (Å²) in [6.07, 6.45) is 6.65. The molecule has 2 saturated carbocycles. The minimum atomic E-state index is -0.416. The lowest BCUT2D eigenvalue weighted by molar-refractivity contribution is -0.292. The van der Waals surface area contributed by atoms with Gasteiger partial charge in [-0.2, -0.15) is 0 Å². The first-order valence-electron chi connectivity index (χ1n) is 7.73. The van der Waals surface area contributed by atoms with Crippen LogP contribution in [0, 0.1) is 22.7 Å². The molecule has 1 aliphatic heterocycles. The van der Waals surface area contributed by atoms with E-state index in [1.165, 1.54) is 6.29 Å². The molecule has 3 fully saturated rings. The Morgan fingerprint density at radius 2 is 1.79 bits per heavy atom. The molecule has 19 heavy (non-hydrogen) atoms. The molecule has 0 N–H and O–H groups in total. The number of ether oxygens (including phenoxy) is 2. The fraction of sp³-hybridized carbons (Fsp3) is 0.938. The van der Waals surface area contributed by atoms with Crippen LogP contribution in [0.4, 0.5) is 0 Å². The van der Waals surface area contributed by atoms with Crippen LogP contribution >= 0.6 is 0 Å². The minimum absolute atomic E-state index is 0.0100. The molecule has 0 amide bonds. The summed E-state index contributed by atoms with van der Waals surface area (Å²) in [5.41, 5.74) is -0.236. The lowest BCUT2D eigenvalue weighted by Gasteiger charge is -2.61. The summed E-state index contributed by atoms with van der Waals surface area (Å²) in [7, 11) is 0. The average molecular weight is 266 g/mol. The lowest BCUT2D eigenvalue weighted by atomic mass is 9.47. The summed E-state index contributed by atoms with van der Waals surface area (Å²) in [4.78, 5) is 11.8.